The van der Waals surface area contributed by atoms with Gasteiger partial charge in [-0.25, -0.2) is 0 Å². The minimum Gasteiger partial charge on any atom is -0.289 e. The number of hydrogen-bond acceptors (Lipinski definition) is 1. The van der Waals surface area contributed by atoms with Crippen LogP contribution in [0.4, 0.5) is 0 Å². The molecule has 0 heterocycles. The van der Waals surface area contributed by atoms with Crippen LogP contribution < -0.4 is 0 Å². The molecular formula is C19H20O. The molecule has 0 aliphatic heterocycles. The van der Waals surface area contributed by atoms with Gasteiger partial charge < -0.3 is 0 Å². The van der Waals surface area contributed by atoms with Crippen LogP contribution in [0.3, 0.4) is 0 Å². The number of benzene rings is 2. The standard InChI is InChI=1S/C19H20O/c1-2-3-4-6-9-16-12-14-18(15-13-16)19(20)17-10-7-5-8-11-17/h4-8,10-15H,2-3,9H2,1H3/b6-4+. The van der Waals surface area contributed by atoms with E-state index in [0.29, 0.717) is 0 Å². The van der Waals surface area contributed by atoms with Gasteiger partial charge in [-0.2, -0.15) is 0 Å². The molecule has 1 nitrogen and oxygen atoms in total. The molecule has 0 radical (unpaired) electrons. The number of ketones is 1. The summed E-state index contributed by atoms with van der Waals surface area (Å²) in [6.07, 6.45) is 7.64. The third kappa shape index (κ3) is 3.92. The van der Waals surface area contributed by atoms with Gasteiger partial charge in [0.05, 0.1) is 0 Å². The summed E-state index contributed by atoms with van der Waals surface area (Å²) in [5, 5.41) is 0. The second-order valence-electron chi connectivity index (χ2n) is 4.86. The molecule has 2 aromatic rings. The normalized spacial score (nSPS) is 10.8. The van der Waals surface area contributed by atoms with E-state index in [9.17, 15) is 4.79 Å². The Morgan fingerprint density at radius 3 is 2.20 bits per heavy atom. The second kappa shape index (κ2) is 7.44. The molecule has 102 valence electrons. The van der Waals surface area contributed by atoms with E-state index in [2.05, 4.69) is 19.1 Å². The molecule has 2 rings (SSSR count). The highest BCUT2D eigenvalue weighted by atomic mass is 16.1. The van der Waals surface area contributed by atoms with Crippen LogP contribution in [0.1, 0.15) is 41.3 Å². The average molecular weight is 264 g/mol. The van der Waals surface area contributed by atoms with Crippen molar-refractivity contribution in [3.63, 3.8) is 0 Å². The second-order valence-corrected chi connectivity index (χ2v) is 4.86. The van der Waals surface area contributed by atoms with Crippen molar-refractivity contribution < 1.29 is 4.79 Å². The maximum absolute atomic E-state index is 12.2. The van der Waals surface area contributed by atoms with E-state index >= 15 is 0 Å². The third-order valence-electron chi connectivity index (χ3n) is 3.23. The number of carbonyl (C=O) groups is 1. The summed E-state index contributed by atoms with van der Waals surface area (Å²) < 4.78 is 0. The predicted octanol–water partition coefficient (Wildman–Crippen LogP) is 4.82. The van der Waals surface area contributed by atoms with Crippen LogP contribution in [0.2, 0.25) is 0 Å². The van der Waals surface area contributed by atoms with Crippen molar-refractivity contribution in [3.05, 3.63) is 83.4 Å². The largest absolute Gasteiger partial charge is 0.289 e. The van der Waals surface area contributed by atoms with E-state index in [1.165, 1.54) is 12.0 Å². The first kappa shape index (κ1) is 14.3. The van der Waals surface area contributed by atoms with E-state index in [1.807, 2.05) is 54.6 Å². The van der Waals surface area contributed by atoms with Crippen LogP contribution in [0.15, 0.2) is 66.7 Å². The number of rotatable bonds is 6. The summed E-state index contributed by atoms with van der Waals surface area (Å²) in [6.45, 7) is 2.17. The zero-order valence-electron chi connectivity index (χ0n) is 11.9. The van der Waals surface area contributed by atoms with Gasteiger partial charge in [-0.1, -0.05) is 80.1 Å². The van der Waals surface area contributed by atoms with E-state index in [4.69, 9.17) is 0 Å². The fraction of sp³-hybridized carbons (Fsp3) is 0.211. The summed E-state index contributed by atoms with van der Waals surface area (Å²) in [5.41, 5.74) is 2.72. The van der Waals surface area contributed by atoms with E-state index in [0.717, 1.165) is 24.0 Å². The highest BCUT2D eigenvalue weighted by Gasteiger charge is 2.07. The van der Waals surface area contributed by atoms with E-state index in [-0.39, 0.29) is 5.78 Å². The average Bonchev–Trinajstić information content (AvgIpc) is 2.52. The molecule has 0 saturated carbocycles. The van der Waals surface area contributed by atoms with Gasteiger partial charge >= 0.3 is 0 Å². The lowest BCUT2D eigenvalue weighted by molar-refractivity contribution is 0.103. The lowest BCUT2D eigenvalue weighted by Crippen LogP contribution is -2.00. The Morgan fingerprint density at radius 1 is 0.900 bits per heavy atom. The Labute approximate surface area is 121 Å². The smallest absolute Gasteiger partial charge is 0.193 e. The minimum absolute atomic E-state index is 0.0821. The fourth-order valence-electron chi connectivity index (χ4n) is 2.05. The Morgan fingerprint density at radius 2 is 1.55 bits per heavy atom. The first-order chi connectivity index (χ1) is 9.81. The van der Waals surface area contributed by atoms with Gasteiger partial charge in [0.15, 0.2) is 5.78 Å². The van der Waals surface area contributed by atoms with Gasteiger partial charge in [0.2, 0.25) is 0 Å². The van der Waals surface area contributed by atoms with Crippen molar-refractivity contribution in [1.29, 1.82) is 0 Å². The molecule has 0 unspecified atom stereocenters. The number of allylic oxidation sites excluding steroid dienone is 2. The number of carbonyl (C=O) groups excluding carboxylic acids is 1. The molecule has 0 bridgehead atoms. The van der Waals surface area contributed by atoms with Gasteiger partial charge in [0.1, 0.15) is 0 Å². The van der Waals surface area contributed by atoms with Crippen molar-refractivity contribution in [3.8, 4) is 0 Å². The van der Waals surface area contributed by atoms with Crippen LogP contribution in [-0.4, -0.2) is 5.78 Å². The maximum atomic E-state index is 12.2. The van der Waals surface area contributed by atoms with Crippen LogP contribution in [0.25, 0.3) is 0 Å². The maximum Gasteiger partial charge on any atom is 0.193 e. The van der Waals surface area contributed by atoms with E-state index < -0.39 is 0 Å². The zero-order valence-corrected chi connectivity index (χ0v) is 11.9. The van der Waals surface area contributed by atoms with Gasteiger partial charge in [-0.05, 0) is 18.4 Å². The molecule has 0 spiro atoms. The molecule has 0 amide bonds. The first-order valence-corrected chi connectivity index (χ1v) is 7.15. The summed E-state index contributed by atoms with van der Waals surface area (Å²) in [7, 11) is 0. The molecule has 0 fully saturated rings. The molecule has 0 saturated heterocycles. The molecule has 0 atom stereocenters. The van der Waals surface area contributed by atoms with Gasteiger partial charge in [0.25, 0.3) is 0 Å². The Kier molecular flexibility index (Phi) is 5.31. The Balaban J connectivity index is 2.03. The van der Waals surface area contributed by atoms with Crippen molar-refractivity contribution in [2.75, 3.05) is 0 Å². The summed E-state index contributed by atoms with van der Waals surface area (Å²) in [4.78, 5) is 12.2. The molecule has 0 aromatic heterocycles. The van der Waals surface area contributed by atoms with Crippen LogP contribution in [0, 0.1) is 0 Å². The van der Waals surface area contributed by atoms with E-state index in [1.54, 1.807) is 0 Å². The van der Waals surface area contributed by atoms with Crippen molar-refractivity contribution >= 4 is 5.78 Å². The lowest BCUT2D eigenvalue weighted by atomic mass is 10.0. The molecule has 0 N–H and O–H groups in total. The van der Waals surface area contributed by atoms with Gasteiger partial charge in [-0.3, -0.25) is 4.79 Å². The quantitative estimate of drug-likeness (QED) is 0.540. The Bertz CT molecular complexity index is 564. The van der Waals surface area contributed by atoms with Crippen LogP contribution in [0.5, 0.6) is 0 Å². The monoisotopic (exact) mass is 264 g/mol. The minimum atomic E-state index is 0.0821. The molecule has 0 aliphatic rings. The molecule has 0 aliphatic carbocycles. The molecule has 2 aromatic carbocycles. The lowest BCUT2D eigenvalue weighted by Gasteiger charge is -2.02. The summed E-state index contributed by atoms with van der Waals surface area (Å²) >= 11 is 0. The van der Waals surface area contributed by atoms with Crippen LogP contribution >= 0.6 is 0 Å². The highest BCUT2D eigenvalue weighted by molar-refractivity contribution is 6.08. The van der Waals surface area contributed by atoms with Gasteiger partial charge in [0, 0.05) is 11.1 Å². The highest BCUT2D eigenvalue weighted by Crippen LogP contribution is 2.11. The zero-order chi connectivity index (χ0) is 14.2. The summed E-state index contributed by atoms with van der Waals surface area (Å²) in [6, 6.07) is 17.3. The topological polar surface area (TPSA) is 17.1 Å². The summed E-state index contributed by atoms with van der Waals surface area (Å²) in [5.74, 6) is 0.0821. The molecular weight excluding hydrogens is 244 g/mol. The van der Waals surface area contributed by atoms with Gasteiger partial charge in [-0.15, -0.1) is 0 Å². The van der Waals surface area contributed by atoms with Crippen molar-refractivity contribution in [1.82, 2.24) is 0 Å². The SMILES string of the molecule is CCC/C=C/Cc1ccc(C(=O)c2ccccc2)cc1. The Hall–Kier alpha value is -2.15. The van der Waals surface area contributed by atoms with Crippen molar-refractivity contribution in [2.24, 2.45) is 0 Å². The third-order valence-corrected chi connectivity index (χ3v) is 3.23. The first-order valence-electron chi connectivity index (χ1n) is 7.15. The van der Waals surface area contributed by atoms with Crippen LogP contribution in [-0.2, 0) is 6.42 Å². The molecule has 1 heteroatoms. The molecule has 20 heavy (non-hydrogen) atoms. The fourth-order valence-corrected chi connectivity index (χ4v) is 2.05. The number of hydrogen-bond donors (Lipinski definition) is 0. The number of unbranched alkanes of at least 4 members (excludes halogenated alkanes) is 1. The van der Waals surface area contributed by atoms with Crippen molar-refractivity contribution in [2.45, 2.75) is 26.2 Å². The predicted molar refractivity (Wildman–Crippen MR) is 84.1 cm³/mol.